The van der Waals surface area contributed by atoms with Gasteiger partial charge in [0, 0.05) is 0 Å². The first-order chi connectivity index (χ1) is 6.50. The average molecular weight is 202 g/mol. The second kappa shape index (κ2) is 4.42. The lowest BCUT2D eigenvalue weighted by molar-refractivity contribution is 1.64. The molecular weight excluding hydrogens is 184 g/mol. The maximum atomic E-state index is 4.12. The zero-order chi connectivity index (χ0) is 10.6. The minimum atomic E-state index is -1.20. The lowest BCUT2D eigenvalue weighted by atomic mass is 10.2. The quantitative estimate of drug-likeness (QED) is 0.510. The fourth-order valence-corrected chi connectivity index (χ4v) is 1.59. The van der Waals surface area contributed by atoms with E-state index in [9.17, 15) is 0 Å². The Bertz CT molecular complexity index is 328. The summed E-state index contributed by atoms with van der Waals surface area (Å²) in [5.41, 5.74) is 1.24. The van der Waals surface area contributed by atoms with Crippen LogP contribution in [0.3, 0.4) is 0 Å². The van der Waals surface area contributed by atoms with E-state index in [-0.39, 0.29) is 0 Å². The first-order valence-electron chi connectivity index (χ1n) is 4.92. The van der Waals surface area contributed by atoms with Crippen LogP contribution in [0.15, 0.2) is 48.2 Å². The average Bonchev–Trinajstić information content (AvgIpc) is 2.14. The third kappa shape index (κ3) is 3.34. The molecule has 0 aliphatic heterocycles. The van der Waals surface area contributed by atoms with Crippen LogP contribution < -0.4 is 0 Å². The lowest BCUT2D eigenvalue weighted by Gasteiger charge is -2.15. The molecule has 0 unspecified atom stereocenters. The molecule has 0 atom stereocenters. The summed E-state index contributed by atoms with van der Waals surface area (Å²) < 4.78 is 0. The Morgan fingerprint density at radius 2 is 1.71 bits per heavy atom. The molecular formula is C13H18Si. The van der Waals surface area contributed by atoms with Gasteiger partial charge in [-0.2, -0.15) is 0 Å². The normalized spacial score (nSPS) is 11.9. The third-order valence-corrected chi connectivity index (χ3v) is 4.33. The van der Waals surface area contributed by atoms with Crippen LogP contribution in [0, 0.1) is 0 Å². The molecule has 0 aliphatic rings. The summed E-state index contributed by atoms with van der Waals surface area (Å²) in [5.74, 6) is 0. The maximum absolute atomic E-state index is 4.12. The van der Waals surface area contributed by atoms with Gasteiger partial charge in [0.1, 0.15) is 0 Å². The Balaban J connectivity index is 2.71. The van der Waals surface area contributed by atoms with Crippen LogP contribution in [0.4, 0.5) is 0 Å². The molecule has 0 aliphatic carbocycles. The van der Waals surface area contributed by atoms with Gasteiger partial charge in [-0.15, -0.1) is 0 Å². The Kier molecular flexibility index (Phi) is 3.47. The van der Waals surface area contributed by atoms with Crippen LogP contribution in [0.5, 0.6) is 0 Å². The van der Waals surface area contributed by atoms with Gasteiger partial charge in [-0.05, 0) is 5.56 Å². The molecule has 0 saturated carbocycles. The zero-order valence-electron chi connectivity index (χ0n) is 9.25. The highest BCUT2D eigenvalue weighted by Gasteiger charge is 2.14. The molecule has 0 amide bonds. The minimum absolute atomic E-state index is 1.20. The van der Waals surface area contributed by atoms with Crippen molar-refractivity contribution < 1.29 is 0 Å². The van der Waals surface area contributed by atoms with Gasteiger partial charge in [0.15, 0.2) is 0 Å². The summed E-state index contributed by atoms with van der Waals surface area (Å²) in [7, 11) is -1.20. The lowest BCUT2D eigenvalue weighted by Crippen LogP contribution is -2.21. The molecule has 0 saturated heterocycles. The predicted octanol–water partition coefficient (Wildman–Crippen LogP) is 4.13. The van der Waals surface area contributed by atoms with Gasteiger partial charge in [-0.1, -0.05) is 73.9 Å². The highest BCUT2D eigenvalue weighted by molar-refractivity contribution is 6.83. The standard InChI is InChI=1S/C13H18Si/c1-12(14(2,3)4)10-11-13-8-6-5-7-9-13/h5-11H,1H2,2-4H3/b11-10+. The number of hydrogen-bond acceptors (Lipinski definition) is 0. The number of hydrogen-bond donors (Lipinski definition) is 0. The van der Waals surface area contributed by atoms with Crippen LogP contribution in [-0.4, -0.2) is 8.07 Å². The van der Waals surface area contributed by atoms with Crippen LogP contribution >= 0.6 is 0 Å². The van der Waals surface area contributed by atoms with E-state index in [2.05, 4.69) is 62.6 Å². The Morgan fingerprint density at radius 1 is 1.14 bits per heavy atom. The Morgan fingerprint density at radius 3 is 2.21 bits per heavy atom. The first kappa shape index (κ1) is 11.0. The Labute approximate surface area is 88.0 Å². The number of allylic oxidation sites excluding steroid dienone is 2. The molecule has 0 aromatic heterocycles. The zero-order valence-corrected chi connectivity index (χ0v) is 10.2. The second-order valence-electron chi connectivity index (χ2n) is 4.52. The van der Waals surface area contributed by atoms with Gasteiger partial charge in [0.05, 0.1) is 8.07 Å². The van der Waals surface area contributed by atoms with Gasteiger partial charge >= 0.3 is 0 Å². The van der Waals surface area contributed by atoms with Crippen molar-refractivity contribution in [2.45, 2.75) is 19.6 Å². The first-order valence-corrected chi connectivity index (χ1v) is 8.42. The van der Waals surface area contributed by atoms with E-state index in [0.29, 0.717) is 0 Å². The second-order valence-corrected chi connectivity index (χ2v) is 9.66. The van der Waals surface area contributed by atoms with Gasteiger partial charge in [-0.25, -0.2) is 0 Å². The van der Waals surface area contributed by atoms with Crippen molar-refractivity contribution in [3.8, 4) is 0 Å². The third-order valence-electron chi connectivity index (χ3n) is 2.24. The van der Waals surface area contributed by atoms with Crippen LogP contribution in [-0.2, 0) is 0 Å². The molecule has 0 N–H and O–H groups in total. The SMILES string of the molecule is C=C(/C=C/c1ccccc1)[Si](C)(C)C. The van der Waals surface area contributed by atoms with Crippen LogP contribution in [0.1, 0.15) is 5.56 Å². The van der Waals surface area contributed by atoms with Gasteiger partial charge in [0.25, 0.3) is 0 Å². The van der Waals surface area contributed by atoms with E-state index in [1.54, 1.807) is 0 Å². The van der Waals surface area contributed by atoms with Crippen LogP contribution in [0.25, 0.3) is 6.08 Å². The molecule has 1 aromatic rings. The summed E-state index contributed by atoms with van der Waals surface area (Å²) in [6.45, 7) is 11.0. The molecule has 0 radical (unpaired) electrons. The highest BCUT2D eigenvalue weighted by atomic mass is 28.3. The van der Waals surface area contributed by atoms with Crippen molar-refractivity contribution >= 4 is 14.1 Å². The molecule has 0 spiro atoms. The van der Waals surface area contributed by atoms with E-state index in [0.717, 1.165) is 0 Å². The summed E-state index contributed by atoms with van der Waals surface area (Å²) in [5, 5.41) is 1.29. The van der Waals surface area contributed by atoms with Gasteiger partial charge in [0.2, 0.25) is 0 Å². The van der Waals surface area contributed by atoms with E-state index < -0.39 is 8.07 Å². The minimum Gasteiger partial charge on any atom is -0.0998 e. The molecule has 1 aromatic carbocycles. The smallest absolute Gasteiger partial charge is 0.0768 e. The Hall–Kier alpha value is -1.08. The molecule has 14 heavy (non-hydrogen) atoms. The van der Waals surface area contributed by atoms with Gasteiger partial charge < -0.3 is 0 Å². The molecule has 0 fully saturated rings. The molecule has 0 nitrogen and oxygen atoms in total. The fourth-order valence-electron chi connectivity index (χ4n) is 1.01. The summed E-state index contributed by atoms with van der Waals surface area (Å²) in [6, 6.07) is 10.3. The van der Waals surface area contributed by atoms with E-state index in [4.69, 9.17) is 0 Å². The summed E-state index contributed by atoms with van der Waals surface area (Å²) >= 11 is 0. The topological polar surface area (TPSA) is 0 Å². The number of rotatable bonds is 3. The van der Waals surface area contributed by atoms with E-state index in [1.165, 1.54) is 10.8 Å². The fraction of sp³-hybridized carbons (Fsp3) is 0.231. The molecule has 0 heterocycles. The molecule has 1 rings (SSSR count). The molecule has 0 bridgehead atoms. The van der Waals surface area contributed by atoms with Crippen molar-refractivity contribution in [3.63, 3.8) is 0 Å². The maximum Gasteiger partial charge on any atom is 0.0768 e. The van der Waals surface area contributed by atoms with E-state index >= 15 is 0 Å². The molecule has 74 valence electrons. The molecule has 1 heteroatoms. The highest BCUT2D eigenvalue weighted by Crippen LogP contribution is 2.14. The van der Waals surface area contributed by atoms with Gasteiger partial charge in [-0.3, -0.25) is 0 Å². The van der Waals surface area contributed by atoms with Crippen molar-refractivity contribution in [2.24, 2.45) is 0 Å². The largest absolute Gasteiger partial charge is 0.0998 e. The van der Waals surface area contributed by atoms with Crippen molar-refractivity contribution in [1.29, 1.82) is 0 Å². The van der Waals surface area contributed by atoms with Crippen molar-refractivity contribution in [2.75, 3.05) is 0 Å². The number of benzene rings is 1. The van der Waals surface area contributed by atoms with Crippen LogP contribution in [0.2, 0.25) is 19.6 Å². The summed E-state index contributed by atoms with van der Waals surface area (Å²) in [6.07, 6.45) is 4.29. The predicted molar refractivity (Wildman–Crippen MR) is 68.0 cm³/mol. The monoisotopic (exact) mass is 202 g/mol. The van der Waals surface area contributed by atoms with Crippen molar-refractivity contribution in [1.82, 2.24) is 0 Å². The van der Waals surface area contributed by atoms with E-state index in [1.807, 2.05) is 6.07 Å². The summed E-state index contributed by atoms with van der Waals surface area (Å²) in [4.78, 5) is 0. The van der Waals surface area contributed by atoms with Crippen molar-refractivity contribution in [3.05, 3.63) is 53.7 Å².